The second kappa shape index (κ2) is 7.15. The molecule has 0 spiro atoms. The molecule has 1 unspecified atom stereocenters. The first kappa shape index (κ1) is 17.1. The van der Waals surface area contributed by atoms with Crippen molar-refractivity contribution in [2.45, 2.75) is 51.4 Å². The highest BCUT2D eigenvalue weighted by atomic mass is 16.5. The Bertz CT molecular complexity index is 797. The van der Waals surface area contributed by atoms with E-state index in [1.165, 1.54) is 4.90 Å². The number of hydrogen-bond donors (Lipinski definition) is 1. The van der Waals surface area contributed by atoms with Crippen LogP contribution in [0.5, 0.6) is 5.75 Å². The van der Waals surface area contributed by atoms with Crippen LogP contribution in [-0.2, 0) is 4.74 Å². The quantitative estimate of drug-likeness (QED) is 0.907. The zero-order valence-electron chi connectivity index (χ0n) is 15.1. The summed E-state index contributed by atoms with van der Waals surface area (Å²) in [7, 11) is 0. The lowest BCUT2D eigenvalue weighted by Gasteiger charge is -2.31. The second-order valence-electron chi connectivity index (χ2n) is 7.20. The predicted octanol–water partition coefficient (Wildman–Crippen LogP) is 3.57. The predicted molar refractivity (Wildman–Crippen MR) is 96.6 cm³/mol. The lowest BCUT2D eigenvalue weighted by atomic mass is 10.1. The van der Waals surface area contributed by atoms with Crippen LogP contribution in [0.15, 0.2) is 18.3 Å². The zero-order chi connectivity index (χ0) is 18.1. The van der Waals surface area contributed by atoms with Crippen molar-refractivity contribution in [2.75, 3.05) is 19.7 Å². The van der Waals surface area contributed by atoms with Crippen LogP contribution in [0.1, 0.15) is 43.9 Å². The van der Waals surface area contributed by atoms with Gasteiger partial charge in [-0.2, -0.15) is 5.10 Å². The average Bonchev–Trinajstić information content (AvgIpc) is 3.05. The topological polar surface area (TPSA) is 76.8 Å². The van der Waals surface area contributed by atoms with E-state index in [0.29, 0.717) is 13.1 Å². The highest BCUT2D eigenvalue weighted by Crippen LogP contribution is 2.31. The second-order valence-corrected chi connectivity index (χ2v) is 7.20. The first-order valence-corrected chi connectivity index (χ1v) is 9.36. The number of fused-ring (bicyclic) bond motifs is 1. The molecule has 0 saturated carbocycles. The minimum Gasteiger partial charge on any atom is -0.488 e. The number of amides is 1. The van der Waals surface area contributed by atoms with E-state index < -0.39 is 6.09 Å². The molecule has 4 rings (SSSR count). The Morgan fingerprint density at radius 3 is 2.96 bits per heavy atom. The average molecular weight is 359 g/mol. The number of aromatic nitrogens is 2. The van der Waals surface area contributed by atoms with E-state index in [4.69, 9.17) is 9.47 Å². The molecule has 2 aliphatic heterocycles. The van der Waals surface area contributed by atoms with Gasteiger partial charge in [-0.15, -0.1) is 0 Å². The monoisotopic (exact) mass is 359 g/mol. The smallest absolute Gasteiger partial charge is 0.407 e. The molecule has 1 amide bonds. The molecule has 3 heterocycles. The van der Waals surface area contributed by atoms with Crippen molar-refractivity contribution in [3.05, 3.63) is 23.9 Å². The van der Waals surface area contributed by atoms with Gasteiger partial charge in [0.1, 0.15) is 11.9 Å². The van der Waals surface area contributed by atoms with Crippen LogP contribution in [0.25, 0.3) is 10.9 Å². The Hall–Kier alpha value is -2.28. The van der Waals surface area contributed by atoms with E-state index in [2.05, 4.69) is 11.2 Å². The third kappa shape index (κ3) is 3.35. The minimum absolute atomic E-state index is 0.0195. The van der Waals surface area contributed by atoms with Crippen molar-refractivity contribution >= 4 is 17.0 Å². The molecule has 1 aromatic heterocycles. The number of piperidine rings is 1. The van der Waals surface area contributed by atoms with Gasteiger partial charge in [0.2, 0.25) is 0 Å². The summed E-state index contributed by atoms with van der Waals surface area (Å²) in [5.74, 6) is 0.798. The summed E-state index contributed by atoms with van der Waals surface area (Å²) in [6, 6.07) is 4.10. The van der Waals surface area contributed by atoms with Crippen molar-refractivity contribution in [1.82, 2.24) is 14.7 Å². The van der Waals surface area contributed by atoms with Gasteiger partial charge in [0.25, 0.3) is 0 Å². The maximum absolute atomic E-state index is 11.2. The molecule has 0 bridgehead atoms. The number of carbonyl (C=O) groups is 1. The minimum atomic E-state index is -0.877. The molecule has 140 valence electrons. The molecule has 0 radical (unpaired) electrons. The lowest BCUT2D eigenvalue weighted by Crippen LogP contribution is -2.43. The zero-order valence-corrected chi connectivity index (χ0v) is 15.1. The summed E-state index contributed by atoms with van der Waals surface area (Å²) < 4.78 is 14.0. The van der Waals surface area contributed by atoms with Gasteiger partial charge in [-0.3, -0.25) is 0 Å². The van der Waals surface area contributed by atoms with Crippen LogP contribution < -0.4 is 4.74 Å². The first-order valence-electron chi connectivity index (χ1n) is 9.36. The van der Waals surface area contributed by atoms with E-state index in [1.807, 2.05) is 23.9 Å². The summed E-state index contributed by atoms with van der Waals surface area (Å²) in [6.07, 6.45) is 5.77. The SMILES string of the molecule is Cc1cc2cnn(C3CCCCO3)c2cc1O[C@H]1CCCN(C(=O)O)C1. The first-order chi connectivity index (χ1) is 12.6. The van der Waals surface area contributed by atoms with E-state index in [9.17, 15) is 9.90 Å². The Balaban J connectivity index is 1.58. The van der Waals surface area contributed by atoms with Crippen LogP contribution in [-0.4, -0.2) is 51.7 Å². The number of rotatable bonds is 3. The van der Waals surface area contributed by atoms with Gasteiger partial charge in [0, 0.05) is 24.6 Å². The standard InChI is InChI=1S/C19H25N3O4/c1-13-9-14-11-20-22(18-6-2-3-8-25-18)16(14)10-17(13)26-15-5-4-7-21(12-15)19(23)24/h9-11,15,18H,2-8,12H2,1H3,(H,23,24)/t15-,18?/m0/s1. The van der Waals surface area contributed by atoms with Crippen molar-refractivity contribution in [3.63, 3.8) is 0 Å². The van der Waals surface area contributed by atoms with Gasteiger partial charge in [0.05, 0.1) is 18.3 Å². The normalized spacial score (nSPS) is 24.0. The molecule has 0 aliphatic carbocycles. The number of hydrogen-bond acceptors (Lipinski definition) is 4. The van der Waals surface area contributed by atoms with E-state index in [0.717, 1.165) is 60.9 Å². The molecular formula is C19H25N3O4. The van der Waals surface area contributed by atoms with Crippen LogP contribution >= 0.6 is 0 Å². The van der Waals surface area contributed by atoms with Gasteiger partial charge in [0.15, 0.2) is 6.23 Å². The molecule has 2 saturated heterocycles. The summed E-state index contributed by atoms with van der Waals surface area (Å²) in [6.45, 7) is 3.78. The Morgan fingerprint density at radius 1 is 1.31 bits per heavy atom. The molecule has 1 N–H and O–H groups in total. The molecule has 1 aromatic carbocycles. The van der Waals surface area contributed by atoms with Crippen molar-refractivity contribution < 1.29 is 19.4 Å². The molecule has 2 aromatic rings. The fraction of sp³-hybridized carbons (Fsp3) is 0.579. The van der Waals surface area contributed by atoms with Gasteiger partial charge >= 0.3 is 6.09 Å². The van der Waals surface area contributed by atoms with Crippen molar-refractivity contribution in [2.24, 2.45) is 0 Å². The third-order valence-electron chi connectivity index (χ3n) is 5.26. The molecule has 2 aliphatic rings. The largest absolute Gasteiger partial charge is 0.488 e. The number of aryl methyl sites for hydroxylation is 1. The van der Waals surface area contributed by atoms with Crippen molar-refractivity contribution in [3.8, 4) is 5.75 Å². The molecule has 2 atom stereocenters. The molecule has 7 heteroatoms. The van der Waals surface area contributed by atoms with Gasteiger partial charge in [-0.05, 0) is 50.7 Å². The van der Waals surface area contributed by atoms with Crippen LogP contribution in [0.4, 0.5) is 4.79 Å². The molecule has 26 heavy (non-hydrogen) atoms. The van der Waals surface area contributed by atoms with Gasteiger partial charge in [-0.1, -0.05) is 0 Å². The maximum atomic E-state index is 11.2. The maximum Gasteiger partial charge on any atom is 0.407 e. The highest BCUT2D eigenvalue weighted by molar-refractivity contribution is 5.81. The number of likely N-dealkylation sites (tertiary alicyclic amines) is 1. The summed E-state index contributed by atoms with van der Waals surface area (Å²) in [5.41, 5.74) is 2.04. The number of benzene rings is 1. The fourth-order valence-electron chi connectivity index (χ4n) is 3.85. The molecule has 2 fully saturated rings. The van der Waals surface area contributed by atoms with Gasteiger partial charge < -0.3 is 19.5 Å². The summed E-state index contributed by atoms with van der Waals surface area (Å²) >= 11 is 0. The highest BCUT2D eigenvalue weighted by Gasteiger charge is 2.25. The third-order valence-corrected chi connectivity index (χ3v) is 5.26. The van der Waals surface area contributed by atoms with E-state index >= 15 is 0 Å². The van der Waals surface area contributed by atoms with Crippen LogP contribution in [0.2, 0.25) is 0 Å². The summed E-state index contributed by atoms with van der Waals surface area (Å²) in [4.78, 5) is 12.7. The number of nitrogens with zero attached hydrogens (tertiary/aromatic N) is 3. The Kier molecular flexibility index (Phi) is 4.72. The van der Waals surface area contributed by atoms with Gasteiger partial charge in [-0.25, -0.2) is 9.48 Å². The number of carboxylic acid groups (broad SMARTS) is 1. The summed E-state index contributed by atoms with van der Waals surface area (Å²) in [5, 5.41) is 14.8. The van der Waals surface area contributed by atoms with E-state index in [-0.39, 0.29) is 12.3 Å². The Morgan fingerprint density at radius 2 is 2.19 bits per heavy atom. The fourth-order valence-corrected chi connectivity index (χ4v) is 3.85. The van der Waals surface area contributed by atoms with E-state index in [1.54, 1.807) is 0 Å². The molecular weight excluding hydrogens is 334 g/mol. The lowest BCUT2D eigenvalue weighted by molar-refractivity contribution is -0.0367. The molecule has 7 nitrogen and oxygen atoms in total. The van der Waals surface area contributed by atoms with Crippen molar-refractivity contribution in [1.29, 1.82) is 0 Å². The van der Waals surface area contributed by atoms with Crippen LogP contribution in [0.3, 0.4) is 0 Å². The Labute approximate surface area is 152 Å². The number of ether oxygens (including phenoxy) is 2. The van der Waals surface area contributed by atoms with Crippen LogP contribution in [0, 0.1) is 6.92 Å².